The molecule has 25 aliphatic carbocycles. The Labute approximate surface area is 374 Å². The van der Waals surface area contributed by atoms with Crippen LogP contribution in [0.15, 0.2) is 23.8 Å². The molecule has 0 aromatic heterocycles. The highest BCUT2D eigenvalue weighted by molar-refractivity contribution is 6.32. The van der Waals surface area contributed by atoms with Crippen LogP contribution in [0, 0.1) is 177 Å². The number of benzene rings is 3. The molecule has 11 bridgehead atoms. The molecular weight excluding hydrogens is 769 g/mol. The van der Waals surface area contributed by atoms with Gasteiger partial charge in [-0.05, 0) is 333 Å². The van der Waals surface area contributed by atoms with Crippen LogP contribution in [0.2, 0.25) is 0 Å². The molecule has 0 amide bonds. The van der Waals surface area contributed by atoms with E-state index in [0.717, 1.165) is 207 Å². The van der Waals surface area contributed by atoms with Gasteiger partial charge < -0.3 is 0 Å². The second-order valence-corrected chi connectivity index (χ2v) is 31.3. The molecule has 0 nitrogen and oxygen atoms in total. The summed E-state index contributed by atoms with van der Waals surface area (Å²) in [6.45, 7) is 11.4. The van der Waals surface area contributed by atoms with E-state index in [1.807, 2.05) is 32.9 Å². The molecular formula is C64H54. The Kier molecular flexibility index (Phi) is 3.14. The van der Waals surface area contributed by atoms with Crippen LogP contribution >= 0.6 is 0 Å². The molecule has 17 unspecified atom stereocenters. The SMILES string of the molecule is C=C1CCC23c4c5c6c7c8c9c%10c%11c%12c%13c%14c%10c7c4C%14=C4C7C%13C%10CC%12[C@H]%12C%13C%11C9C9C%11C=C8C8C6CC5[C@@H]2[C@H]2[C@H]5[C@@H](C)[C@@H]8[C@@H]6[C@H]8[C@H]%14[C@@H]%15C(C%13C9[C@H]%11[C@@H]%156)[C@@H]%12[C@@H]%10[C@H]%14[C@@H](C)[C@H]([C@@H]58)[C@H]2[C@H]7C43C1. The maximum Gasteiger partial charge on any atom is 0.0102 e. The Balaban J connectivity index is 1.01. The van der Waals surface area contributed by atoms with E-state index in [9.17, 15) is 0 Å². The van der Waals surface area contributed by atoms with Crippen molar-refractivity contribution in [2.75, 3.05) is 0 Å². The first-order valence-electron chi connectivity index (χ1n) is 29.0. The fourth-order valence-corrected chi connectivity index (χ4v) is 36.2. The third-order valence-corrected chi connectivity index (χ3v) is 33.7. The summed E-state index contributed by atoms with van der Waals surface area (Å²) in [5.41, 5.74) is 30.1. The molecule has 0 heteroatoms. The molecule has 13 saturated carbocycles. The average Bonchev–Trinajstić information content (AvgIpc) is 4.13. The molecule has 0 aliphatic heterocycles. The molecule has 37 atom stereocenters. The number of hydrogen-bond donors (Lipinski definition) is 0. The molecule has 0 radical (unpaired) electrons. The largest absolute Gasteiger partial charge is 0.0998 e. The molecule has 0 N–H and O–H groups in total. The van der Waals surface area contributed by atoms with Crippen molar-refractivity contribution < 1.29 is 0 Å². The van der Waals surface area contributed by atoms with Crippen molar-refractivity contribution in [2.45, 2.75) is 86.9 Å². The minimum Gasteiger partial charge on any atom is -0.0998 e. The quantitative estimate of drug-likeness (QED) is 0.122. The Morgan fingerprint density at radius 3 is 2.09 bits per heavy atom. The minimum atomic E-state index is 0.400. The summed E-state index contributed by atoms with van der Waals surface area (Å²) in [6, 6.07) is 0. The lowest BCUT2D eigenvalue weighted by atomic mass is 9.23. The van der Waals surface area contributed by atoms with Gasteiger partial charge in [0.25, 0.3) is 0 Å². The Hall–Kier alpha value is -2.60. The van der Waals surface area contributed by atoms with E-state index in [1.165, 1.54) is 19.3 Å². The van der Waals surface area contributed by atoms with Crippen LogP contribution in [-0.2, 0) is 5.41 Å². The van der Waals surface area contributed by atoms with Crippen molar-refractivity contribution in [3.63, 3.8) is 0 Å². The summed E-state index contributed by atoms with van der Waals surface area (Å²) in [6.07, 6.45) is 10.8. The minimum absolute atomic E-state index is 0.400. The van der Waals surface area contributed by atoms with E-state index in [4.69, 9.17) is 6.58 Å². The van der Waals surface area contributed by atoms with Crippen molar-refractivity contribution in [3.05, 3.63) is 79.4 Å². The van der Waals surface area contributed by atoms with Gasteiger partial charge in [0.2, 0.25) is 0 Å². The Morgan fingerprint density at radius 2 is 1.19 bits per heavy atom. The molecule has 3 aromatic rings. The van der Waals surface area contributed by atoms with Crippen LogP contribution in [0.5, 0.6) is 0 Å². The topological polar surface area (TPSA) is 0 Å². The molecule has 310 valence electrons. The Bertz CT molecular complexity index is 3570. The maximum absolute atomic E-state index is 5.20. The zero-order chi connectivity index (χ0) is 38.8. The molecule has 64 heavy (non-hydrogen) atoms. The fourth-order valence-electron chi connectivity index (χ4n) is 36.2. The van der Waals surface area contributed by atoms with E-state index < -0.39 is 0 Å². The lowest BCUT2D eigenvalue weighted by Crippen LogP contribution is -2.75. The molecule has 0 heterocycles. The fraction of sp³-hybridized carbons (Fsp3) is 0.688. The second-order valence-electron chi connectivity index (χ2n) is 31.3. The first-order chi connectivity index (χ1) is 31.6. The van der Waals surface area contributed by atoms with E-state index in [-0.39, 0.29) is 0 Å². The van der Waals surface area contributed by atoms with Crippen LogP contribution < -0.4 is 0 Å². The lowest BCUT2D eigenvalue weighted by molar-refractivity contribution is -0.220. The smallest absolute Gasteiger partial charge is 0.0102 e. The Morgan fingerprint density at radius 1 is 0.469 bits per heavy atom. The van der Waals surface area contributed by atoms with Crippen LogP contribution in [0.3, 0.4) is 0 Å². The van der Waals surface area contributed by atoms with Gasteiger partial charge in [0.05, 0.1) is 0 Å². The van der Waals surface area contributed by atoms with Gasteiger partial charge in [-0.25, -0.2) is 0 Å². The molecule has 0 saturated heterocycles. The summed E-state index contributed by atoms with van der Waals surface area (Å²) < 4.78 is 0. The van der Waals surface area contributed by atoms with Crippen molar-refractivity contribution >= 4 is 32.7 Å². The van der Waals surface area contributed by atoms with Crippen LogP contribution in [-0.4, -0.2) is 0 Å². The molecule has 2 spiro atoms. The summed E-state index contributed by atoms with van der Waals surface area (Å²) in [4.78, 5) is 0. The van der Waals surface area contributed by atoms with Crippen LogP contribution in [0.25, 0.3) is 32.7 Å². The van der Waals surface area contributed by atoms with Gasteiger partial charge in [-0.2, -0.15) is 0 Å². The average molecular weight is 823 g/mol. The van der Waals surface area contributed by atoms with Crippen LogP contribution in [0.4, 0.5) is 0 Å². The van der Waals surface area contributed by atoms with E-state index in [1.54, 1.807) is 18.4 Å². The van der Waals surface area contributed by atoms with Gasteiger partial charge in [0.1, 0.15) is 0 Å². The van der Waals surface area contributed by atoms with Gasteiger partial charge in [0, 0.05) is 10.8 Å². The summed E-state index contributed by atoms with van der Waals surface area (Å²) in [5, 5.41) is 8.07. The number of fused-ring (bicyclic) bond motifs is 12. The molecule has 25 aliphatic rings. The summed E-state index contributed by atoms with van der Waals surface area (Å²) in [7, 11) is 0. The normalized spacial score (nSPS) is 73.5. The third kappa shape index (κ3) is 1.74. The van der Waals surface area contributed by atoms with Gasteiger partial charge >= 0.3 is 0 Å². The van der Waals surface area contributed by atoms with E-state index in [0.29, 0.717) is 10.8 Å². The predicted molar refractivity (Wildman–Crippen MR) is 241 cm³/mol. The standard InChI is InChI=1S/C64H54/c1-10-4-5-63-59-18-8-14-23-13-6-16-28-38-29(16)42-41-26(13)37-25(14)32(18)60(63)56-52(37)51-50(41)44-30-17-7-15-24-20-12(3)22-33-21(54(59)55(22)61-58-31(15)39(30)53(51)57(56)62(58)64(61,63)9-10)11(2)19(23)34-40(28)46(35(20)45(33)34)48-36(24)27(17)43(47(38)48)49(42)44/h6,11-12,14-24,27-29,31,33-36,38,40,42-43,45-49,54-55,58-59,61H,1,4-5,7-9H2,2-3H3/t11-,12+,14?,15?,16?,17?,18?,19-,20+,21-,22+,23?,24-,27+,28-,29?,31?,33+,34-,35-,36+,38?,40+,42?,43?,45-,46-,47?,48?,49?,54-,55+,58?,59+,61+,63?,64?/m0/s1. The van der Waals surface area contributed by atoms with E-state index >= 15 is 0 Å². The van der Waals surface area contributed by atoms with E-state index in [2.05, 4.69) is 81.0 Å². The molecule has 3 aromatic carbocycles. The van der Waals surface area contributed by atoms with Crippen LogP contribution in [0.1, 0.15) is 137 Å². The maximum atomic E-state index is 5.20. The van der Waals surface area contributed by atoms with Gasteiger partial charge in [-0.1, -0.05) is 32.1 Å². The lowest BCUT2D eigenvalue weighted by Gasteiger charge is -2.80. The van der Waals surface area contributed by atoms with Crippen molar-refractivity contribution in [3.8, 4) is 0 Å². The highest BCUT2D eigenvalue weighted by Crippen LogP contribution is 3.00. The number of hydrogen-bond acceptors (Lipinski definition) is 0. The van der Waals surface area contributed by atoms with Crippen molar-refractivity contribution in [1.29, 1.82) is 0 Å². The summed E-state index contributed by atoms with van der Waals surface area (Å²) >= 11 is 0. The van der Waals surface area contributed by atoms with Gasteiger partial charge in [-0.3, -0.25) is 0 Å². The molecule has 28 rings (SSSR count). The van der Waals surface area contributed by atoms with Gasteiger partial charge in [-0.15, -0.1) is 0 Å². The van der Waals surface area contributed by atoms with Gasteiger partial charge in [0.15, 0.2) is 0 Å². The summed E-state index contributed by atoms with van der Waals surface area (Å²) in [5.74, 6) is 35.2. The monoisotopic (exact) mass is 822 g/mol. The highest BCUT2D eigenvalue weighted by atomic mass is 15.0. The number of allylic oxidation sites excluding steroid dienone is 4. The van der Waals surface area contributed by atoms with Crippen molar-refractivity contribution in [2.24, 2.45) is 177 Å². The highest BCUT2D eigenvalue weighted by Gasteiger charge is 2.93. The predicted octanol–water partition coefficient (Wildman–Crippen LogP) is 12.0. The number of rotatable bonds is 0. The third-order valence-electron chi connectivity index (χ3n) is 33.7. The molecule has 13 fully saturated rings. The first-order valence-corrected chi connectivity index (χ1v) is 29.0. The first kappa shape index (κ1) is 28.7. The second kappa shape index (κ2) is 7.01. The zero-order valence-corrected chi connectivity index (χ0v) is 37.0. The van der Waals surface area contributed by atoms with Crippen molar-refractivity contribution in [1.82, 2.24) is 0 Å². The zero-order valence-electron chi connectivity index (χ0n) is 37.0.